The van der Waals surface area contributed by atoms with Gasteiger partial charge in [0.05, 0.1) is 0 Å². The predicted octanol–water partition coefficient (Wildman–Crippen LogP) is 4.36. The van der Waals surface area contributed by atoms with Crippen molar-refractivity contribution in [1.29, 1.82) is 0 Å². The minimum atomic E-state index is 0.108. The summed E-state index contributed by atoms with van der Waals surface area (Å²) in [6, 6.07) is 15.2. The van der Waals surface area contributed by atoms with Crippen molar-refractivity contribution < 1.29 is 4.79 Å². The van der Waals surface area contributed by atoms with E-state index in [1.165, 1.54) is 16.3 Å². The van der Waals surface area contributed by atoms with Crippen LogP contribution >= 0.6 is 0 Å². The number of amides is 1. The van der Waals surface area contributed by atoms with Crippen LogP contribution in [0, 0.1) is 11.8 Å². The zero-order valence-corrected chi connectivity index (χ0v) is 15.7. The number of carbonyl (C=O) groups is 1. The smallest absolute Gasteiger partial charge is 0.220 e. The maximum atomic E-state index is 11.3. The fraction of sp³-hybridized carbons (Fsp3) is 0.348. The van der Waals surface area contributed by atoms with Gasteiger partial charge in [-0.05, 0) is 35.8 Å². The molecular weight excluding hydrogens is 320 g/mol. The van der Waals surface area contributed by atoms with Crippen LogP contribution in [0.3, 0.4) is 0 Å². The molecule has 0 saturated carbocycles. The monoisotopic (exact) mass is 348 g/mol. The van der Waals surface area contributed by atoms with Crippen LogP contribution in [0.2, 0.25) is 0 Å². The SMILES string of the molecule is CCCC(=O)NCCC#C/C=C/CN[C@H](C)c1cccc2ccccc12. The second-order valence-corrected chi connectivity index (χ2v) is 6.27. The first-order valence-electron chi connectivity index (χ1n) is 9.33. The van der Waals surface area contributed by atoms with E-state index in [1.54, 1.807) is 0 Å². The standard InChI is InChI=1S/C23H28N2O/c1-3-12-23(26)25-18-10-6-4-5-9-17-24-19(2)21-16-11-14-20-13-7-8-15-22(20)21/h5,7-9,11,13-16,19,24H,3,10,12,17-18H2,1-2H3,(H,25,26)/b9-5+/t19-/m1/s1. The highest BCUT2D eigenvalue weighted by Gasteiger charge is 2.07. The zero-order valence-electron chi connectivity index (χ0n) is 15.7. The zero-order chi connectivity index (χ0) is 18.6. The van der Waals surface area contributed by atoms with Crippen molar-refractivity contribution in [2.75, 3.05) is 13.1 Å². The average molecular weight is 348 g/mol. The third kappa shape index (κ3) is 6.38. The molecule has 0 bridgehead atoms. The van der Waals surface area contributed by atoms with Crippen molar-refractivity contribution >= 4 is 16.7 Å². The first kappa shape index (κ1) is 19.8. The molecule has 2 aromatic carbocycles. The van der Waals surface area contributed by atoms with Gasteiger partial charge in [0.2, 0.25) is 5.91 Å². The van der Waals surface area contributed by atoms with Crippen LogP contribution < -0.4 is 10.6 Å². The fourth-order valence-corrected chi connectivity index (χ4v) is 2.81. The predicted molar refractivity (Wildman–Crippen MR) is 110 cm³/mol. The van der Waals surface area contributed by atoms with Crippen LogP contribution in [0.5, 0.6) is 0 Å². The number of allylic oxidation sites excluding steroid dienone is 1. The van der Waals surface area contributed by atoms with Gasteiger partial charge in [-0.2, -0.15) is 0 Å². The summed E-state index contributed by atoms with van der Waals surface area (Å²) in [5, 5.41) is 8.93. The quantitative estimate of drug-likeness (QED) is 0.550. The first-order chi connectivity index (χ1) is 12.7. The van der Waals surface area contributed by atoms with Gasteiger partial charge < -0.3 is 10.6 Å². The Kier molecular flexibility index (Phi) is 8.45. The van der Waals surface area contributed by atoms with E-state index in [4.69, 9.17) is 0 Å². The van der Waals surface area contributed by atoms with E-state index >= 15 is 0 Å². The maximum Gasteiger partial charge on any atom is 0.220 e. The molecule has 0 fully saturated rings. The highest BCUT2D eigenvalue weighted by Crippen LogP contribution is 2.23. The molecule has 3 heteroatoms. The lowest BCUT2D eigenvalue weighted by Gasteiger charge is -2.15. The summed E-state index contributed by atoms with van der Waals surface area (Å²) in [4.78, 5) is 11.3. The van der Waals surface area contributed by atoms with Crippen LogP contribution in [0.4, 0.5) is 0 Å². The Morgan fingerprint density at radius 1 is 1.19 bits per heavy atom. The molecule has 0 aliphatic rings. The summed E-state index contributed by atoms with van der Waals surface area (Å²) in [5.74, 6) is 6.17. The Morgan fingerprint density at radius 3 is 2.85 bits per heavy atom. The molecule has 0 radical (unpaired) electrons. The van der Waals surface area contributed by atoms with Gasteiger partial charge >= 0.3 is 0 Å². The van der Waals surface area contributed by atoms with E-state index in [9.17, 15) is 4.79 Å². The molecule has 0 aliphatic heterocycles. The van der Waals surface area contributed by atoms with Crippen molar-refractivity contribution in [3.8, 4) is 11.8 Å². The van der Waals surface area contributed by atoms with Crippen LogP contribution in [0.1, 0.15) is 44.7 Å². The van der Waals surface area contributed by atoms with Crippen LogP contribution in [0.25, 0.3) is 10.8 Å². The number of hydrogen-bond acceptors (Lipinski definition) is 2. The number of fused-ring (bicyclic) bond motifs is 1. The minimum absolute atomic E-state index is 0.108. The third-order valence-corrected chi connectivity index (χ3v) is 4.18. The number of nitrogens with one attached hydrogen (secondary N) is 2. The topological polar surface area (TPSA) is 41.1 Å². The van der Waals surface area contributed by atoms with Gasteiger partial charge in [-0.3, -0.25) is 4.79 Å². The van der Waals surface area contributed by atoms with Gasteiger partial charge in [-0.15, -0.1) is 0 Å². The molecule has 0 unspecified atom stereocenters. The first-order valence-corrected chi connectivity index (χ1v) is 9.33. The molecule has 0 heterocycles. The number of hydrogen-bond donors (Lipinski definition) is 2. The van der Waals surface area contributed by atoms with E-state index in [1.807, 2.05) is 19.1 Å². The van der Waals surface area contributed by atoms with Crippen LogP contribution in [-0.4, -0.2) is 19.0 Å². The summed E-state index contributed by atoms with van der Waals surface area (Å²) in [7, 11) is 0. The molecule has 3 nitrogen and oxygen atoms in total. The Morgan fingerprint density at radius 2 is 2.00 bits per heavy atom. The summed E-state index contributed by atoms with van der Waals surface area (Å²) in [6.07, 6.45) is 6.05. The molecule has 2 N–H and O–H groups in total. The highest BCUT2D eigenvalue weighted by atomic mass is 16.1. The summed E-state index contributed by atoms with van der Waals surface area (Å²) >= 11 is 0. The maximum absolute atomic E-state index is 11.3. The van der Waals surface area contributed by atoms with Gasteiger partial charge in [-0.25, -0.2) is 0 Å². The van der Waals surface area contributed by atoms with Crippen molar-refractivity contribution in [2.24, 2.45) is 0 Å². The molecule has 1 atom stereocenters. The number of benzene rings is 2. The van der Waals surface area contributed by atoms with Gasteiger partial charge in [0.15, 0.2) is 0 Å². The summed E-state index contributed by atoms with van der Waals surface area (Å²) in [6.45, 7) is 5.57. The molecule has 0 spiro atoms. The van der Waals surface area contributed by atoms with Gasteiger partial charge in [0.1, 0.15) is 0 Å². The second-order valence-electron chi connectivity index (χ2n) is 6.27. The van der Waals surface area contributed by atoms with Crippen LogP contribution in [0.15, 0.2) is 54.6 Å². The van der Waals surface area contributed by atoms with Gasteiger partial charge in [0, 0.05) is 32.0 Å². The Labute approximate surface area is 156 Å². The Balaban J connectivity index is 1.73. The molecule has 2 aromatic rings. The van der Waals surface area contributed by atoms with Crippen molar-refractivity contribution in [2.45, 2.75) is 39.2 Å². The molecule has 26 heavy (non-hydrogen) atoms. The largest absolute Gasteiger partial charge is 0.355 e. The minimum Gasteiger partial charge on any atom is -0.355 e. The lowest BCUT2D eigenvalue weighted by Crippen LogP contribution is -2.23. The molecule has 0 saturated heterocycles. The summed E-state index contributed by atoms with van der Waals surface area (Å²) < 4.78 is 0. The Bertz CT molecular complexity index is 793. The average Bonchev–Trinajstić information content (AvgIpc) is 2.66. The van der Waals surface area contributed by atoms with Crippen molar-refractivity contribution in [3.63, 3.8) is 0 Å². The molecular formula is C23H28N2O. The molecule has 136 valence electrons. The van der Waals surface area contributed by atoms with E-state index in [0.717, 1.165) is 13.0 Å². The fourth-order valence-electron chi connectivity index (χ4n) is 2.81. The summed E-state index contributed by atoms with van der Waals surface area (Å²) in [5.41, 5.74) is 1.31. The molecule has 0 aromatic heterocycles. The van der Waals surface area contributed by atoms with E-state index < -0.39 is 0 Å². The highest BCUT2D eigenvalue weighted by molar-refractivity contribution is 5.86. The van der Waals surface area contributed by atoms with E-state index in [2.05, 4.69) is 71.9 Å². The second kappa shape index (κ2) is 11.1. The third-order valence-electron chi connectivity index (χ3n) is 4.18. The lowest BCUT2D eigenvalue weighted by molar-refractivity contribution is -0.121. The van der Waals surface area contributed by atoms with E-state index in [0.29, 0.717) is 19.4 Å². The van der Waals surface area contributed by atoms with E-state index in [-0.39, 0.29) is 11.9 Å². The Hall–Kier alpha value is -2.57. The van der Waals surface area contributed by atoms with Crippen LogP contribution in [-0.2, 0) is 4.79 Å². The molecule has 1 amide bonds. The normalized spacial score (nSPS) is 11.9. The number of rotatable bonds is 8. The van der Waals surface area contributed by atoms with Gasteiger partial charge in [0.25, 0.3) is 0 Å². The number of carbonyl (C=O) groups excluding carboxylic acids is 1. The van der Waals surface area contributed by atoms with Gasteiger partial charge in [-0.1, -0.05) is 67.3 Å². The lowest BCUT2D eigenvalue weighted by atomic mass is 10.00. The molecule has 0 aliphatic carbocycles. The molecule has 2 rings (SSSR count). The van der Waals surface area contributed by atoms with Crippen molar-refractivity contribution in [3.05, 3.63) is 60.2 Å². The van der Waals surface area contributed by atoms with Crippen molar-refractivity contribution in [1.82, 2.24) is 10.6 Å².